The molecular formula is C26H31N5O2. The van der Waals surface area contributed by atoms with Crippen molar-refractivity contribution in [2.75, 3.05) is 42.3 Å². The molecule has 1 aromatic heterocycles. The van der Waals surface area contributed by atoms with Gasteiger partial charge >= 0.3 is 6.03 Å². The molecule has 6 rings (SSSR count). The highest BCUT2D eigenvalue weighted by Gasteiger charge is 2.30. The predicted molar refractivity (Wildman–Crippen MR) is 133 cm³/mol. The summed E-state index contributed by atoms with van der Waals surface area (Å²) >= 11 is 0. The zero-order valence-corrected chi connectivity index (χ0v) is 18.8. The molecule has 0 unspecified atom stereocenters. The number of hydrogen-bond acceptors (Lipinski definition) is 4. The topological polar surface area (TPSA) is 84.5 Å². The van der Waals surface area contributed by atoms with E-state index in [1.807, 2.05) is 12.1 Å². The van der Waals surface area contributed by atoms with E-state index in [-0.39, 0.29) is 6.03 Å². The van der Waals surface area contributed by atoms with E-state index in [1.165, 1.54) is 30.5 Å². The summed E-state index contributed by atoms with van der Waals surface area (Å²) < 4.78 is 7.96. The highest BCUT2D eigenvalue weighted by molar-refractivity contribution is 6.02. The molecule has 7 nitrogen and oxygen atoms in total. The first kappa shape index (κ1) is 20.4. The number of rotatable bonds is 5. The number of carbonyl (C=O) groups excluding carboxylic acids is 1. The lowest BCUT2D eigenvalue weighted by atomic mass is 9.93. The molecule has 3 aromatic rings. The zero-order valence-electron chi connectivity index (χ0n) is 18.8. The van der Waals surface area contributed by atoms with Gasteiger partial charge in [0.15, 0.2) is 0 Å². The van der Waals surface area contributed by atoms with Gasteiger partial charge in [0.1, 0.15) is 0 Å². The smallest absolute Gasteiger partial charge is 0.319 e. The van der Waals surface area contributed by atoms with E-state index in [0.29, 0.717) is 12.1 Å². The molecule has 2 saturated carbocycles. The van der Waals surface area contributed by atoms with Gasteiger partial charge in [-0.25, -0.2) is 4.79 Å². The molecule has 0 spiro atoms. The largest absolute Gasteiger partial charge is 0.396 e. The summed E-state index contributed by atoms with van der Waals surface area (Å²) in [6, 6.07) is 15.4. The number of carbonyl (C=O) groups is 1. The molecule has 3 fully saturated rings. The summed E-state index contributed by atoms with van der Waals surface area (Å²) in [6.07, 6.45) is 5.71. The number of fused-ring (bicyclic) bond motifs is 1. The zero-order chi connectivity index (χ0) is 22.4. The average molecular weight is 446 g/mol. The first-order chi connectivity index (χ1) is 16.2. The fraction of sp³-hybridized carbons (Fsp3) is 0.423. The number of nitrogen functional groups attached to an aromatic ring is 1. The van der Waals surface area contributed by atoms with Crippen LogP contribution in [0.4, 0.5) is 21.9 Å². The number of hydrogen-bond donors (Lipinski definition) is 3. The molecule has 2 amide bonds. The van der Waals surface area contributed by atoms with Gasteiger partial charge in [-0.3, -0.25) is 0 Å². The molecule has 2 aromatic carbocycles. The van der Waals surface area contributed by atoms with Crippen molar-refractivity contribution >= 4 is 34.0 Å². The van der Waals surface area contributed by atoms with Crippen molar-refractivity contribution in [3.05, 3.63) is 42.5 Å². The molecule has 3 aliphatic rings. The molecule has 0 bridgehead atoms. The van der Waals surface area contributed by atoms with Gasteiger partial charge in [0.05, 0.1) is 30.1 Å². The highest BCUT2D eigenvalue weighted by Crippen LogP contribution is 2.46. The van der Waals surface area contributed by atoms with Crippen LogP contribution in [0, 0.1) is 0 Å². The van der Waals surface area contributed by atoms with Gasteiger partial charge in [0.25, 0.3) is 0 Å². The summed E-state index contributed by atoms with van der Waals surface area (Å²) in [5, 5.41) is 7.07. The lowest BCUT2D eigenvalue weighted by Crippen LogP contribution is -2.41. The molecule has 7 heteroatoms. The normalized spacial score (nSPS) is 18.8. The van der Waals surface area contributed by atoms with E-state index in [9.17, 15) is 4.79 Å². The maximum atomic E-state index is 12.2. The van der Waals surface area contributed by atoms with Crippen LogP contribution in [0.2, 0.25) is 0 Å². The van der Waals surface area contributed by atoms with Crippen LogP contribution in [0.3, 0.4) is 0 Å². The minimum Gasteiger partial charge on any atom is -0.396 e. The number of amides is 2. The van der Waals surface area contributed by atoms with Crippen LogP contribution in [0.1, 0.15) is 38.1 Å². The fourth-order valence-corrected chi connectivity index (χ4v) is 4.97. The number of nitrogens with one attached hydrogen (secondary N) is 2. The van der Waals surface area contributed by atoms with Gasteiger partial charge in [-0.1, -0.05) is 12.1 Å². The Balaban J connectivity index is 1.31. The van der Waals surface area contributed by atoms with Gasteiger partial charge < -0.3 is 30.6 Å². The number of morpholine rings is 1. The van der Waals surface area contributed by atoms with Gasteiger partial charge in [-0.05, 0) is 62.4 Å². The van der Waals surface area contributed by atoms with Crippen LogP contribution in [-0.2, 0) is 4.74 Å². The Morgan fingerprint density at radius 3 is 2.42 bits per heavy atom. The highest BCUT2D eigenvalue weighted by atomic mass is 16.5. The molecular weight excluding hydrogens is 414 g/mol. The van der Waals surface area contributed by atoms with Crippen molar-refractivity contribution in [2.24, 2.45) is 0 Å². The van der Waals surface area contributed by atoms with E-state index in [1.54, 1.807) is 0 Å². The van der Waals surface area contributed by atoms with E-state index < -0.39 is 0 Å². The van der Waals surface area contributed by atoms with Crippen LogP contribution in [-0.4, -0.2) is 42.9 Å². The molecule has 4 N–H and O–H groups in total. The molecule has 0 atom stereocenters. The Morgan fingerprint density at radius 2 is 1.76 bits per heavy atom. The summed E-state index contributed by atoms with van der Waals surface area (Å²) in [5.41, 5.74) is 12.9. The van der Waals surface area contributed by atoms with Crippen molar-refractivity contribution < 1.29 is 9.53 Å². The predicted octanol–water partition coefficient (Wildman–Crippen LogP) is 4.74. The Labute approximate surface area is 193 Å². The van der Waals surface area contributed by atoms with Crippen LogP contribution >= 0.6 is 0 Å². The summed E-state index contributed by atoms with van der Waals surface area (Å²) in [4.78, 5) is 14.6. The Kier molecular flexibility index (Phi) is 5.14. The third-order valence-corrected chi connectivity index (χ3v) is 7.17. The number of urea groups is 1. The fourth-order valence-electron chi connectivity index (χ4n) is 4.97. The number of aromatic nitrogens is 1. The summed E-state index contributed by atoms with van der Waals surface area (Å²) in [7, 11) is 0. The SMILES string of the molecule is Nc1c(-c2ccc(NC(=O)NC3CCC3)cc2)n(C2CC2)c2cc(N3CCOCC3)ccc12. The minimum atomic E-state index is -0.130. The van der Waals surface area contributed by atoms with Crippen molar-refractivity contribution in [2.45, 2.75) is 44.2 Å². The molecule has 1 aliphatic heterocycles. The summed E-state index contributed by atoms with van der Waals surface area (Å²) in [5.74, 6) is 0. The Morgan fingerprint density at radius 1 is 1.00 bits per heavy atom. The lowest BCUT2D eigenvalue weighted by molar-refractivity contribution is 0.122. The second kappa shape index (κ2) is 8.30. The second-order valence-electron chi connectivity index (χ2n) is 9.47. The van der Waals surface area contributed by atoms with E-state index in [4.69, 9.17) is 10.5 Å². The minimum absolute atomic E-state index is 0.130. The molecule has 1 saturated heterocycles. The monoisotopic (exact) mass is 445 g/mol. The number of ether oxygens (including phenoxy) is 1. The third kappa shape index (κ3) is 3.91. The molecule has 2 aliphatic carbocycles. The third-order valence-electron chi connectivity index (χ3n) is 7.17. The van der Waals surface area contributed by atoms with Crippen LogP contribution in [0.25, 0.3) is 22.2 Å². The van der Waals surface area contributed by atoms with E-state index >= 15 is 0 Å². The van der Waals surface area contributed by atoms with Crippen molar-refractivity contribution in [3.63, 3.8) is 0 Å². The molecule has 172 valence electrons. The van der Waals surface area contributed by atoms with Crippen molar-refractivity contribution in [1.29, 1.82) is 0 Å². The molecule has 2 heterocycles. The summed E-state index contributed by atoms with van der Waals surface area (Å²) in [6.45, 7) is 3.38. The van der Waals surface area contributed by atoms with Gasteiger partial charge in [0.2, 0.25) is 0 Å². The lowest BCUT2D eigenvalue weighted by Gasteiger charge is -2.29. The second-order valence-corrected chi connectivity index (χ2v) is 9.47. The van der Waals surface area contributed by atoms with Crippen molar-refractivity contribution in [1.82, 2.24) is 9.88 Å². The number of benzene rings is 2. The van der Waals surface area contributed by atoms with Crippen LogP contribution in [0.5, 0.6) is 0 Å². The Hall–Kier alpha value is -3.19. The number of nitrogens with zero attached hydrogens (tertiary/aromatic N) is 2. The van der Waals surface area contributed by atoms with Crippen LogP contribution in [0.15, 0.2) is 42.5 Å². The first-order valence-corrected chi connectivity index (χ1v) is 12.1. The maximum absolute atomic E-state index is 12.2. The average Bonchev–Trinajstić information content (AvgIpc) is 3.61. The first-order valence-electron chi connectivity index (χ1n) is 12.1. The van der Waals surface area contributed by atoms with Gasteiger partial charge in [-0.2, -0.15) is 0 Å². The number of nitrogens with two attached hydrogens (primary N) is 1. The van der Waals surface area contributed by atoms with Gasteiger partial charge in [0, 0.05) is 47.5 Å². The quantitative estimate of drug-likeness (QED) is 0.530. The molecule has 0 radical (unpaired) electrons. The van der Waals surface area contributed by atoms with Crippen LogP contribution < -0.4 is 21.3 Å². The maximum Gasteiger partial charge on any atom is 0.319 e. The van der Waals surface area contributed by atoms with E-state index in [2.05, 4.69) is 50.4 Å². The number of anilines is 3. The van der Waals surface area contributed by atoms with Crippen molar-refractivity contribution in [3.8, 4) is 11.3 Å². The van der Waals surface area contributed by atoms with Gasteiger partial charge in [-0.15, -0.1) is 0 Å². The van der Waals surface area contributed by atoms with E-state index in [0.717, 1.165) is 67.2 Å². The molecule has 33 heavy (non-hydrogen) atoms. The standard InChI is InChI=1S/C26H31N5O2/c27-24-22-11-10-21(30-12-14-33-15-13-30)16-23(22)31(20-8-9-20)25(24)17-4-6-19(7-5-17)29-26(32)28-18-2-1-3-18/h4-7,10-11,16,18,20H,1-3,8-9,12-15,27H2,(H2,28,29,32). The Bertz CT molecular complexity index is 1170.